The van der Waals surface area contributed by atoms with Crippen molar-refractivity contribution < 1.29 is 4.39 Å². The van der Waals surface area contributed by atoms with Crippen molar-refractivity contribution in [1.82, 2.24) is 9.97 Å². The molecule has 0 fully saturated rings. The van der Waals surface area contributed by atoms with Gasteiger partial charge in [-0.25, -0.2) is 4.39 Å². The number of rotatable bonds is 2. The van der Waals surface area contributed by atoms with Gasteiger partial charge in [0, 0.05) is 35.3 Å². The minimum absolute atomic E-state index is 0.285. The Labute approximate surface area is 115 Å². The van der Waals surface area contributed by atoms with Crippen LogP contribution in [0.1, 0.15) is 5.69 Å². The summed E-state index contributed by atoms with van der Waals surface area (Å²) in [5, 5.41) is 9.22. The van der Waals surface area contributed by atoms with Crippen LogP contribution < -0.4 is 0 Å². The van der Waals surface area contributed by atoms with E-state index in [-0.39, 0.29) is 5.82 Å². The van der Waals surface area contributed by atoms with E-state index < -0.39 is 0 Å². The lowest BCUT2D eigenvalue weighted by Gasteiger charge is -2.05. The Bertz CT molecular complexity index is 768. The Hall–Kier alpha value is -2.93. The number of hydrogen-bond acceptors (Lipinski definition) is 2. The van der Waals surface area contributed by atoms with Gasteiger partial charge in [0.15, 0.2) is 0 Å². The van der Waals surface area contributed by atoms with E-state index in [0.29, 0.717) is 5.69 Å². The molecule has 20 heavy (non-hydrogen) atoms. The molecule has 2 aromatic heterocycles. The third-order valence-electron chi connectivity index (χ3n) is 3.10. The lowest BCUT2D eigenvalue weighted by Crippen LogP contribution is -1.85. The highest BCUT2D eigenvalue weighted by molar-refractivity contribution is 5.86. The van der Waals surface area contributed by atoms with Crippen molar-refractivity contribution in [1.29, 1.82) is 5.26 Å². The van der Waals surface area contributed by atoms with E-state index in [1.807, 2.05) is 12.1 Å². The summed E-state index contributed by atoms with van der Waals surface area (Å²) in [6, 6.07) is 12.0. The number of aromatic nitrogens is 2. The minimum atomic E-state index is -0.285. The third-order valence-corrected chi connectivity index (χ3v) is 3.10. The van der Waals surface area contributed by atoms with Gasteiger partial charge >= 0.3 is 0 Å². The van der Waals surface area contributed by atoms with Crippen molar-refractivity contribution >= 4 is 0 Å². The monoisotopic (exact) mass is 263 g/mol. The summed E-state index contributed by atoms with van der Waals surface area (Å²) in [4.78, 5) is 7.03. The number of nitriles is 1. The van der Waals surface area contributed by atoms with E-state index >= 15 is 0 Å². The Morgan fingerprint density at radius 3 is 2.55 bits per heavy atom. The quantitative estimate of drug-likeness (QED) is 0.765. The largest absolute Gasteiger partial charge is 0.352 e. The molecular formula is C16H10FN3. The van der Waals surface area contributed by atoms with Crippen LogP contribution in [-0.2, 0) is 0 Å². The molecule has 3 nitrogen and oxygen atoms in total. The van der Waals surface area contributed by atoms with Crippen molar-refractivity contribution in [2.75, 3.05) is 0 Å². The number of H-pyrrole nitrogens is 1. The zero-order valence-corrected chi connectivity index (χ0v) is 10.5. The lowest BCUT2D eigenvalue weighted by atomic mass is 9.98. The number of pyridine rings is 1. The van der Waals surface area contributed by atoms with Crippen LogP contribution in [0.15, 0.2) is 55.0 Å². The summed E-state index contributed by atoms with van der Waals surface area (Å²) < 4.78 is 13.0. The summed E-state index contributed by atoms with van der Waals surface area (Å²) in [7, 11) is 0. The van der Waals surface area contributed by atoms with E-state index in [1.54, 1.807) is 30.7 Å². The fraction of sp³-hybridized carbons (Fsp3) is 0. The molecule has 0 aliphatic rings. The summed E-state index contributed by atoms with van der Waals surface area (Å²) >= 11 is 0. The Kier molecular flexibility index (Phi) is 3.02. The molecule has 4 heteroatoms. The third kappa shape index (κ3) is 2.06. The molecule has 0 radical (unpaired) electrons. The maximum Gasteiger partial charge on any atom is 0.126 e. The maximum absolute atomic E-state index is 13.0. The second kappa shape index (κ2) is 4.98. The predicted molar refractivity (Wildman–Crippen MR) is 74.1 cm³/mol. The SMILES string of the molecule is N#Cc1[nH]cc(-c2ccc(F)cc2)c1-c1cccnc1. The number of nitrogens with one attached hydrogen (secondary N) is 1. The Balaban J connectivity index is 2.21. The van der Waals surface area contributed by atoms with E-state index in [0.717, 1.165) is 22.3 Å². The van der Waals surface area contributed by atoms with Crippen LogP contribution in [0.3, 0.4) is 0 Å². The highest BCUT2D eigenvalue weighted by Crippen LogP contribution is 2.34. The first-order valence-corrected chi connectivity index (χ1v) is 6.07. The molecule has 1 N–H and O–H groups in total. The van der Waals surface area contributed by atoms with Crippen molar-refractivity contribution in [2.24, 2.45) is 0 Å². The Morgan fingerprint density at radius 2 is 1.90 bits per heavy atom. The first-order valence-electron chi connectivity index (χ1n) is 6.07. The maximum atomic E-state index is 13.0. The molecule has 0 unspecified atom stereocenters. The predicted octanol–water partition coefficient (Wildman–Crippen LogP) is 3.75. The van der Waals surface area contributed by atoms with E-state index in [1.165, 1.54) is 12.1 Å². The first-order chi connectivity index (χ1) is 9.79. The lowest BCUT2D eigenvalue weighted by molar-refractivity contribution is 0.628. The molecular weight excluding hydrogens is 253 g/mol. The second-order valence-corrected chi connectivity index (χ2v) is 4.31. The highest BCUT2D eigenvalue weighted by atomic mass is 19.1. The zero-order valence-electron chi connectivity index (χ0n) is 10.5. The van der Waals surface area contributed by atoms with Gasteiger partial charge in [-0.05, 0) is 23.8 Å². The standard InChI is InChI=1S/C16H10FN3/c17-13-5-3-11(4-6-13)14-10-20-15(8-18)16(14)12-2-1-7-19-9-12/h1-7,9-10,20H. The van der Waals surface area contributed by atoms with Crippen molar-refractivity contribution in [3.8, 4) is 28.3 Å². The fourth-order valence-corrected chi connectivity index (χ4v) is 2.18. The van der Waals surface area contributed by atoms with Crippen LogP contribution in [0.4, 0.5) is 4.39 Å². The zero-order chi connectivity index (χ0) is 13.9. The molecule has 0 atom stereocenters. The number of hydrogen-bond donors (Lipinski definition) is 1. The van der Waals surface area contributed by atoms with Crippen LogP contribution in [0.5, 0.6) is 0 Å². The van der Waals surface area contributed by atoms with Gasteiger partial charge < -0.3 is 4.98 Å². The van der Waals surface area contributed by atoms with Crippen molar-refractivity contribution in [3.05, 3.63) is 66.5 Å². The molecule has 96 valence electrons. The Morgan fingerprint density at radius 1 is 1.10 bits per heavy atom. The second-order valence-electron chi connectivity index (χ2n) is 4.31. The smallest absolute Gasteiger partial charge is 0.126 e. The van der Waals surface area contributed by atoms with Gasteiger partial charge in [-0.15, -0.1) is 0 Å². The van der Waals surface area contributed by atoms with Gasteiger partial charge in [0.05, 0.1) is 0 Å². The number of benzene rings is 1. The van der Waals surface area contributed by atoms with Gasteiger partial charge in [0.1, 0.15) is 17.6 Å². The summed E-state index contributed by atoms with van der Waals surface area (Å²) in [5.74, 6) is -0.285. The van der Waals surface area contributed by atoms with E-state index in [2.05, 4.69) is 16.0 Å². The molecule has 3 rings (SSSR count). The molecule has 3 aromatic rings. The van der Waals surface area contributed by atoms with Crippen LogP contribution >= 0.6 is 0 Å². The van der Waals surface area contributed by atoms with Crippen LogP contribution in [0.2, 0.25) is 0 Å². The first kappa shape index (κ1) is 12.1. The molecule has 0 bridgehead atoms. The van der Waals surface area contributed by atoms with Crippen molar-refractivity contribution in [3.63, 3.8) is 0 Å². The number of aromatic amines is 1. The van der Waals surface area contributed by atoms with Crippen LogP contribution in [0, 0.1) is 17.1 Å². The van der Waals surface area contributed by atoms with Gasteiger partial charge in [-0.3, -0.25) is 4.98 Å². The molecule has 1 aromatic carbocycles. The van der Waals surface area contributed by atoms with Gasteiger partial charge in [-0.2, -0.15) is 5.26 Å². The van der Waals surface area contributed by atoms with Gasteiger partial charge in [-0.1, -0.05) is 18.2 Å². The molecule has 0 aliphatic carbocycles. The summed E-state index contributed by atoms with van der Waals surface area (Å²) in [5.41, 5.74) is 3.81. The molecule has 0 saturated carbocycles. The van der Waals surface area contributed by atoms with Crippen LogP contribution in [0.25, 0.3) is 22.3 Å². The number of nitrogens with zero attached hydrogens (tertiary/aromatic N) is 2. The molecule has 2 heterocycles. The molecule has 0 saturated heterocycles. The minimum Gasteiger partial charge on any atom is -0.352 e. The number of halogens is 1. The molecule has 0 amide bonds. The molecule has 0 spiro atoms. The van der Waals surface area contributed by atoms with Crippen LogP contribution in [-0.4, -0.2) is 9.97 Å². The highest BCUT2D eigenvalue weighted by Gasteiger charge is 2.14. The average molecular weight is 263 g/mol. The average Bonchev–Trinajstić information content (AvgIpc) is 2.93. The fourth-order valence-electron chi connectivity index (χ4n) is 2.18. The summed E-state index contributed by atoms with van der Waals surface area (Å²) in [6.45, 7) is 0. The topological polar surface area (TPSA) is 52.5 Å². The van der Waals surface area contributed by atoms with Crippen molar-refractivity contribution in [2.45, 2.75) is 0 Å². The normalized spacial score (nSPS) is 10.2. The van der Waals surface area contributed by atoms with E-state index in [9.17, 15) is 9.65 Å². The van der Waals surface area contributed by atoms with Gasteiger partial charge in [0.25, 0.3) is 0 Å². The summed E-state index contributed by atoms with van der Waals surface area (Å²) in [6.07, 6.45) is 5.14. The van der Waals surface area contributed by atoms with Gasteiger partial charge in [0.2, 0.25) is 0 Å². The van der Waals surface area contributed by atoms with E-state index in [4.69, 9.17) is 0 Å². The molecule has 0 aliphatic heterocycles.